The smallest absolute Gasteiger partial charge is 0.274 e. The van der Waals surface area contributed by atoms with Crippen molar-refractivity contribution < 1.29 is 17.6 Å². The lowest BCUT2D eigenvalue weighted by atomic mass is 9.92. The van der Waals surface area contributed by atoms with Gasteiger partial charge in [0.1, 0.15) is 22.9 Å². The summed E-state index contributed by atoms with van der Waals surface area (Å²) in [6.07, 6.45) is 2.80. The number of benzene rings is 1. The number of carbonyl (C=O) groups is 1. The van der Waals surface area contributed by atoms with Crippen molar-refractivity contribution in [3.63, 3.8) is 0 Å². The number of aromatic nitrogens is 2. The van der Waals surface area contributed by atoms with Crippen LogP contribution in [0, 0.1) is 5.82 Å². The molecule has 4 rings (SSSR count). The number of pyridine rings is 2. The molecule has 176 valence electrons. The zero-order valence-electron chi connectivity index (χ0n) is 18.3. The van der Waals surface area contributed by atoms with E-state index in [2.05, 4.69) is 20.3 Å². The maximum absolute atomic E-state index is 14.9. The molecule has 2 atom stereocenters. The van der Waals surface area contributed by atoms with Gasteiger partial charge >= 0.3 is 0 Å². The summed E-state index contributed by atoms with van der Waals surface area (Å²) >= 11 is 5.80. The van der Waals surface area contributed by atoms with Crippen LogP contribution in [-0.2, 0) is 20.1 Å². The number of hydrogen-bond acceptors (Lipinski definition) is 7. The number of nitrogens with two attached hydrogens (primary N) is 1. The Balaban J connectivity index is 1.73. The van der Waals surface area contributed by atoms with E-state index in [1.807, 2.05) is 0 Å². The number of halogens is 2. The molecule has 8 nitrogen and oxygen atoms in total. The number of anilines is 1. The molecule has 0 saturated heterocycles. The molecule has 0 unspecified atom stereocenters. The van der Waals surface area contributed by atoms with Gasteiger partial charge in [0.25, 0.3) is 5.91 Å². The number of nitrogens with zero attached hydrogens (tertiary/aromatic N) is 3. The van der Waals surface area contributed by atoms with Gasteiger partial charge in [-0.15, -0.1) is 0 Å². The summed E-state index contributed by atoms with van der Waals surface area (Å²) in [5.74, 6) is -1.93. The summed E-state index contributed by atoms with van der Waals surface area (Å²) in [6.45, 7) is 2.93. The van der Waals surface area contributed by atoms with Crippen molar-refractivity contribution in [2.75, 3.05) is 11.1 Å². The third-order valence-electron chi connectivity index (χ3n) is 5.87. The number of aliphatic imine (C=N–C) groups is 1. The third kappa shape index (κ3) is 4.03. The average Bonchev–Trinajstić information content (AvgIpc) is 2.79. The lowest BCUT2D eigenvalue weighted by Gasteiger charge is -2.39. The number of sulfone groups is 1. The Hall–Kier alpha value is -3.37. The molecule has 3 aromatic rings. The van der Waals surface area contributed by atoms with Crippen LogP contribution in [0.25, 0.3) is 0 Å². The van der Waals surface area contributed by atoms with Crippen molar-refractivity contribution in [1.82, 2.24) is 9.97 Å². The Labute approximate surface area is 201 Å². The Morgan fingerprint density at radius 2 is 1.91 bits per heavy atom. The van der Waals surface area contributed by atoms with E-state index >= 15 is 0 Å². The van der Waals surface area contributed by atoms with Gasteiger partial charge in [-0.25, -0.2) is 17.8 Å². The van der Waals surface area contributed by atoms with Crippen LogP contribution in [0.4, 0.5) is 10.1 Å². The first-order chi connectivity index (χ1) is 16.0. The van der Waals surface area contributed by atoms with Crippen molar-refractivity contribution in [2.45, 2.75) is 24.1 Å². The molecule has 11 heteroatoms. The molecule has 1 aliphatic heterocycles. The molecule has 34 heavy (non-hydrogen) atoms. The summed E-state index contributed by atoms with van der Waals surface area (Å²) < 4.78 is 40.2. The van der Waals surface area contributed by atoms with Gasteiger partial charge in [-0.2, -0.15) is 0 Å². The standard InChI is InChI=1S/C23H21ClFN5O3S/c1-22(13-34(32,33)23(2,21(26)30-22)19-5-3-4-10-27-19)16-11-15(7-8-17(16)25)29-20(31)18-9-6-14(24)12-28-18/h3-12H,13H2,1-2H3,(H2,26,30)(H,29,31)/t22-,23+/m0/s1. The predicted octanol–water partition coefficient (Wildman–Crippen LogP) is 3.44. The molecule has 0 saturated carbocycles. The highest BCUT2D eigenvalue weighted by atomic mass is 35.5. The number of hydrogen-bond donors (Lipinski definition) is 2. The number of rotatable bonds is 4. The van der Waals surface area contributed by atoms with Gasteiger partial charge in [-0.3, -0.25) is 14.8 Å². The van der Waals surface area contributed by atoms with Gasteiger partial charge in [-0.05, 0) is 56.3 Å². The van der Waals surface area contributed by atoms with Gasteiger partial charge in [0, 0.05) is 23.6 Å². The molecule has 3 N–H and O–H groups in total. The first kappa shape index (κ1) is 23.8. The van der Waals surface area contributed by atoms with Crippen LogP contribution < -0.4 is 11.1 Å². The molecule has 0 radical (unpaired) electrons. The van der Waals surface area contributed by atoms with Crippen LogP contribution in [0.2, 0.25) is 5.02 Å². The zero-order chi connectivity index (χ0) is 24.7. The predicted molar refractivity (Wildman–Crippen MR) is 128 cm³/mol. The average molecular weight is 502 g/mol. The molecule has 2 aromatic heterocycles. The van der Waals surface area contributed by atoms with Crippen LogP contribution >= 0.6 is 11.6 Å². The van der Waals surface area contributed by atoms with Crippen LogP contribution in [0.3, 0.4) is 0 Å². The molecule has 0 spiro atoms. The molecular formula is C23H21ClFN5O3S. The highest BCUT2D eigenvalue weighted by Crippen LogP contribution is 2.42. The first-order valence-electron chi connectivity index (χ1n) is 10.2. The second-order valence-corrected chi connectivity index (χ2v) is 11.1. The monoisotopic (exact) mass is 501 g/mol. The minimum absolute atomic E-state index is 0.0241. The topological polar surface area (TPSA) is 127 Å². The molecule has 1 aliphatic rings. The van der Waals surface area contributed by atoms with Crippen molar-refractivity contribution in [3.05, 3.63) is 88.7 Å². The maximum Gasteiger partial charge on any atom is 0.274 e. The quantitative estimate of drug-likeness (QED) is 0.563. The van der Waals surface area contributed by atoms with Gasteiger partial charge in [0.2, 0.25) is 0 Å². The van der Waals surface area contributed by atoms with Crippen molar-refractivity contribution >= 4 is 38.9 Å². The fourth-order valence-corrected chi connectivity index (χ4v) is 6.04. The van der Waals surface area contributed by atoms with Gasteiger partial charge in [0.15, 0.2) is 14.6 Å². The molecule has 1 aromatic carbocycles. The largest absolute Gasteiger partial charge is 0.386 e. The minimum atomic E-state index is -3.98. The molecular weight excluding hydrogens is 481 g/mol. The van der Waals surface area contributed by atoms with Crippen LogP contribution in [-0.4, -0.2) is 35.9 Å². The summed E-state index contributed by atoms with van der Waals surface area (Å²) in [5.41, 5.74) is 5.24. The normalized spacial score (nSPS) is 23.7. The molecule has 3 heterocycles. The summed E-state index contributed by atoms with van der Waals surface area (Å²) in [4.78, 5) is 25.1. The van der Waals surface area contributed by atoms with E-state index in [0.717, 1.165) is 6.07 Å². The lowest BCUT2D eigenvalue weighted by molar-refractivity contribution is 0.102. The fourth-order valence-electron chi connectivity index (χ4n) is 3.87. The zero-order valence-corrected chi connectivity index (χ0v) is 19.9. The van der Waals surface area contributed by atoms with E-state index in [1.165, 1.54) is 50.5 Å². The number of nitrogens with one attached hydrogen (secondary N) is 1. The van der Waals surface area contributed by atoms with Crippen molar-refractivity contribution in [2.24, 2.45) is 10.7 Å². The minimum Gasteiger partial charge on any atom is -0.386 e. The first-order valence-corrected chi connectivity index (χ1v) is 12.2. The third-order valence-corrected chi connectivity index (χ3v) is 8.70. The van der Waals surface area contributed by atoms with Crippen molar-refractivity contribution in [3.8, 4) is 0 Å². The molecule has 0 fully saturated rings. The lowest BCUT2D eigenvalue weighted by Crippen LogP contribution is -2.55. The Morgan fingerprint density at radius 3 is 2.53 bits per heavy atom. The molecule has 0 aliphatic carbocycles. The second kappa shape index (κ2) is 8.44. The summed E-state index contributed by atoms with van der Waals surface area (Å²) in [6, 6.07) is 11.7. The highest BCUT2D eigenvalue weighted by molar-refractivity contribution is 7.93. The summed E-state index contributed by atoms with van der Waals surface area (Å²) in [5, 5.41) is 3.00. The van der Waals surface area contributed by atoms with E-state index in [9.17, 15) is 17.6 Å². The van der Waals surface area contributed by atoms with Crippen LogP contribution in [0.5, 0.6) is 0 Å². The SMILES string of the molecule is C[C@@]1(c2ccccn2)C(N)=N[C@](C)(c2cc(NC(=O)c3ccc(Cl)cn3)ccc2F)CS1(=O)=O. The molecule has 1 amide bonds. The van der Waals surface area contributed by atoms with Gasteiger partial charge in [0.05, 0.1) is 16.5 Å². The Kier molecular flexibility index (Phi) is 5.91. The van der Waals surface area contributed by atoms with E-state index in [1.54, 1.807) is 18.2 Å². The highest BCUT2D eigenvalue weighted by Gasteiger charge is 2.54. The Morgan fingerprint density at radius 1 is 1.15 bits per heavy atom. The second-order valence-electron chi connectivity index (χ2n) is 8.29. The van der Waals surface area contributed by atoms with E-state index in [-0.39, 0.29) is 28.5 Å². The fraction of sp³-hybridized carbons (Fsp3) is 0.217. The van der Waals surface area contributed by atoms with E-state index < -0.39 is 37.6 Å². The van der Waals surface area contributed by atoms with E-state index in [4.69, 9.17) is 17.3 Å². The number of amides is 1. The number of carbonyl (C=O) groups excluding carboxylic acids is 1. The summed E-state index contributed by atoms with van der Waals surface area (Å²) in [7, 11) is -3.98. The Bertz CT molecular complexity index is 1400. The van der Waals surface area contributed by atoms with Crippen LogP contribution in [0.1, 0.15) is 35.6 Å². The molecule has 0 bridgehead atoms. The number of amidine groups is 1. The maximum atomic E-state index is 14.9. The van der Waals surface area contributed by atoms with Gasteiger partial charge in [-0.1, -0.05) is 17.7 Å². The van der Waals surface area contributed by atoms with Crippen LogP contribution in [0.15, 0.2) is 65.9 Å². The van der Waals surface area contributed by atoms with E-state index in [0.29, 0.717) is 5.02 Å². The van der Waals surface area contributed by atoms with Gasteiger partial charge < -0.3 is 11.1 Å². The van der Waals surface area contributed by atoms with Crippen molar-refractivity contribution in [1.29, 1.82) is 0 Å².